The van der Waals surface area contributed by atoms with Crippen molar-refractivity contribution in [2.75, 3.05) is 13.2 Å². The predicted molar refractivity (Wildman–Crippen MR) is 89.7 cm³/mol. The number of hydrogen-bond acceptors (Lipinski definition) is 3. The Morgan fingerprint density at radius 1 is 1.45 bits per heavy atom. The van der Waals surface area contributed by atoms with Gasteiger partial charge in [0.15, 0.2) is 0 Å². The van der Waals surface area contributed by atoms with Gasteiger partial charge >= 0.3 is 0 Å². The first-order valence-electron chi connectivity index (χ1n) is 7.15. The van der Waals surface area contributed by atoms with E-state index in [0.717, 1.165) is 25.0 Å². The zero-order chi connectivity index (χ0) is 16.2. The Labute approximate surface area is 145 Å². The number of aryl methyl sites for hydroxylation is 1. The highest BCUT2D eigenvalue weighted by Crippen LogP contribution is 2.29. The summed E-state index contributed by atoms with van der Waals surface area (Å²) in [5.41, 5.74) is 1.52. The minimum Gasteiger partial charge on any atom is -0.377 e. The first-order chi connectivity index (χ1) is 10.4. The van der Waals surface area contributed by atoms with Crippen molar-refractivity contribution in [3.05, 3.63) is 35.4 Å². The summed E-state index contributed by atoms with van der Waals surface area (Å²) in [6.07, 6.45) is 1.28. The van der Waals surface area contributed by atoms with Gasteiger partial charge in [0, 0.05) is 18.7 Å². The molecule has 2 atom stereocenters. The number of carbonyl (C=O) groups is 1. The van der Waals surface area contributed by atoms with Gasteiger partial charge in [0.1, 0.15) is 6.17 Å². The van der Waals surface area contributed by atoms with Crippen LogP contribution < -0.4 is 10.6 Å². The van der Waals surface area contributed by atoms with Gasteiger partial charge in [-0.3, -0.25) is 10.1 Å². The Hall–Kier alpha value is -0.520. The van der Waals surface area contributed by atoms with Gasteiger partial charge in [0.2, 0.25) is 3.79 Å². The van der Waals surface area contributed by atoms with Crippen LogP contribution in [-0.4, -0.2) is 35.1 Å². The van der Waals surface area contributed by atoms with Crippen molar-refractivity contribution in [1.29, 1.82) is 0 Å². The van der Waals surface area contributed by atoms with Gasteiger partial charge < -0.3 is 10.1 Å². The largest absolute Gasteiger partial charge is 0.377 e. The number of amides is 1. The van der Waals surface area contributed by atoms with Gasteiger partial charge in [0.05, 0.1) is 6.10 Å². The maximum absolute atomic E-state index is 12.3. The van der Waals surface area contributed by atoms with E-state index in [4.69, 9.17) is 39.5 Å². The van der Waals surface area contributed by atoms with Gasteiger partial charge in [-0.15, -0.1) is 0 Å². The van der Waals surface area contributed by atoms with E-state index in [2.05, 4.69) is 10.6 Å². The van der Waals surface area contributed by atoms with Crippen molar-refractivity contribution in [3.8, 4) is 0 Å². The summed E-state index contributed by atoms with van der Waals surface area (Å²) in [6, 6.07) is 7.23. The molecule has 0 aromatic heterocycles. The van der Waals surface area contributed by atoms with Crippen LogP contribution in [0.15, 0.2) is 24.3 Å². The second-order valence-corrected chi connectivity index (χ2v) is 7.73. The number of carbonyl (C=O) groups excluding carboxylic acids is 1. The van der Waals surface area contributed by atoms with Crippen LogP contribution in [0, 0.1) is 6.92 Å². The third-order valence-electron chi connectivity index (χ3n) is 3.46. The second-order valence-electron chi connectivity index (χ2n) is 5.36. The summed E-state index contributed by atoms with van der Waals surface area (Å²) in [5.74, 6) is -0.292. The first-order valence-corrected chi connectivity index (χ1v) is 8.29. The number of alkyl halides is 3. The van der Waals surface area contributed by atoms with Gasteiger partial charge in [-0.1, -0.05) is 52.5 Å². The van der Waals surface area contributed by atoms with E-state index in [1.54, 1.807) is 12.1 Å². The fraction of sp³-hybridized carbons (Fsp3) is 0.533. The average molecular weight is 366 g/mol. The van der Waals surface area contributed by atoms with Gasteiger partial charge in [-0.25, -0.2) is 0 Å². The molecule has 1 aromatic carbocycles. The normalized spacial score (nSPS) is 19.9. The molecule has 1 aromatic rings. The highest BCUT2D eigenvalue weighted by Gasteiger charge is 2.34. The topological polar surface area (TPSA) is 50.4 Å². The van der Waals surface area contributed by atoms with Crippen LogP contribution in [0.4, 0.5) is 0 Å². The SMILES string of the molecule is Cc1cccc(C(=O)N[C@@H](NC[C@@H]2CCCO2)C(Cl)(Cl)Cl)c1. The highest BCUT2D eigenvalue weighted by molar-refractivity contribution is 6.68. The lowest BCUT2D eigenvalue weighted by Gasteiger charge is -2.27. The minimum atomic E-state index is -1.65. The molecular weight excluding hydrogens is 347 g/mol. The minimum absolute atomic E-state index is 0.0886. The van der Waals surface area contributed by atoms with E-state index >= 15 is 0 Å². The van der Waals surface area contributed by atoms with E-state index in [9.17, 15) is 4.79 Å². The lowest BCUT2D eigenvalue weighted by atomic mass is 10.1. The van der Waals surface area contributed by atoms with Crippen LogP contribution in [0.3, 0.4) is 0 Å². The Morgan fingerprint density at radius 3 is 2.82 bits per heavy atom. The molecule has 1 aliphatic rings. The predicted octanol–water partition coefficient (Wildman–Crippen LogP) is 3.19. The molecular formula is C15H19Cl3N2O2. The van der Waals surface area contributed by atoms with Crippen molar-refractivity contribution >= 4 is 40.7 Å². The molecule has 7 heteroatoms. The van der Waals surface area contributed by atoms with Crippen molar-refractivity contribution < 1.29 is 9.53 Å². The molecule has 1 fully saturated rings. The Morgan fingerprint density at radius 2 is 2.23 bits per heavy atom. The molecule has 2 rings (SSSR count). The molecule has 0 unspecified atom stereocenters. The lowest BCUT2D eigenvalue weighted by molar-refractivity contribution is 0.0897. The third-order valence-corrected chi connectivity index (χ3v) is 4.11. The van der Waals surface area contributed by atoms with Crippen LogP contribution in [0.5, 0.6) is 0 Å². The highest BCUT2D eigenvalue weighted by atomic mass is 35.6. The van der Waals surface area contributed by atoms with E-state index in [1.807, 2.05) is 19.1 Å². The number of halogens is 3. The zero-order valence-electron chi connectivity index (χ0n) is 12.2. The Balaban J connectivity index is 1.98. The summed E-state index contributed by atoms with van der Waals surface area (Å²) >= 11 is 17.9. The number of ether oxygens (including phenoxy) is 1. The van der Waals surface area contributed by atoms with Crippen molar-refractivity contribution in [2.45, 2.75) is 35.8 Å². The molecule has 0 saturated carbocycles. The molecule has 0 aliphatic carbocycles. The van der Waals surface area contributed by atoms with E-state index in [1.165, 1.54) is 0 Å². The second kappa shape index (κ2) is 7.84. The van der Waals surface area contributed by atoms with E-state index < -0.39 is 9.96 Å². The standard InChI is InChI=1S/C15H19Cl3N2O2/c1-10-4-2-5-11(8-10)13(21)20-14(15(16,17)18)19-9-12-6-3-7-22-12/h2,4-5,8,12,14,19H,3,6-7,9H2,1H3,(H,20,21)/t12-,14+/m0/s1. The smallest absolute Gasteiger partial charge is 0.252 e. The first kappa shape index (κ1) is 17.8. The van der Waals surface area contributed by atoms with Gasteiger partial charge in [-0.05, 0) is 31.9 Å². The molecule has 4 nitrogen and oxygen atoms in total. The molecule has 0 radical (unpaired) electrons. The van der Waals surface area contributed by atoms with Gasteiger partial charge in [-0.2, -0.15) is 0 Å². The van der Waals surface area contributed by atoms with E-state index in [-0.39, 0.29) is 12.0 Å². The molecule has 22 heavy (non-hydrogen) atoms. The van der Waals surface area contributed by atoms with Crippen molar-refractivity contribution in [1.82, 2.24) is 10.6 Å². The van der Waals surface area contributed by atoms with Crippen LogP contribution in [-0.2, 0) is 4.74 Å². The van der Waals surface area contributed by atoms with Crippen LogP contribution in [0.2, 0.25) is 0 Å². The Bertz CT molecular complexity index is 514. The fourth-order valence-electron chi connectivity index (χ4n) is 2.30. The number of rotatable bonds is 5. The summed E-state index contributed by atoms with van der Waals surface area (Å²) < 4.78 is 3.86. The molecule has 122 valence electrons. The van der Waals surface area contributed by atoms with E-state index in [0.29, 0.717) is 12.1 Å². The fourth-order valence-corrected chi connectivity index (χ4v) is 2.70. The molecule has 0 spiro atoms. The van der Waals surface area contributed by atoms with Crippen LogP contribution in [0.25, 0.3) is 0 Å². The quantitative estimate of drug-likeness (QED) is 0.622. The number of nitrogens with one attached hydrogen (secondary N) is 2. The zero-order valence-corrected chi connectivity index (χ0v) is 14.5. The molecule has 1 heterocycles. The third kappa shape index (κ3) is 5.28. The average Bonchev–Trinajstić information content (AvgIpc) is 2.95. The maximum Gasteiger partial charge on any atom is 0.252 e. The van der Waals surface area contributed by atoms with Crippen molar-refractivity contribution in [2.24, 2.45) is 0 Å². The summed E-state index contributed by atoms with van der Waals surface area (Å²) in [6.45, 7) is 3.19. The summed E-state index contributed by atoms with van der Waals surface area (Å²) in [4.78, 5) is 12.3. The molecule has 0 bridgehead atoms. The summed E-state index contributed by atoms with van der Waals surface area (Å²) in [7, 11) is 0. The van der Waals surface area contributed by atoms with Crippen LogP contribution in [0.1, 0.15) is 28.8 Å². The number of hydrogen-bond donors (Lipinski definition) is 2. The molecule has 1 aliphatic heterocycles. The molecule has 1 saturated heterocycles. The molecule has 1 amide bonds. The van der Waals surface area contributed by atoms with Gasteiger partial charge in [0.25, 0.3) is 5.91 Å². The molecule has 2 N–H and O–H groups in total. The van der Waals surface area contributed by atoms with Crippen LogP contribution >= 0.6 is 34.8 Å². The lowest BCUT2D eigenvalue weighted by Crippen LogP contribution is -2.54. The monoisotopic (exact) mass is 364 g/mol. The summed E-state index contributed by atoms with van der Waals surface area (Å²) in [5, 5.41) is 5.79. The number of benzene rings is 1. The maximum atomic E-state index is 12.3. The Kier molecular flexibility index (Phi) is 6.36. The van der Waals surface area contributed by atoms with Crippen molar-refractivity contribution in [3.63, 3.8) is 0 Å².